The van der Waals surface area contributed by atoms with Crippen LogP contribution in [0.5, 0.6) is 5.75 Å². The second-order valence-electron chi connectivity index (χ2n) is 5.88. The molecule has 0 aliphatic carbocycles. The summed E-state index contributed by atoms with van der Waals surface area (Å²) in [4.78, 5) is 28.5. The van der Waals surface area contributed by atoms with Crippen LogP contribution in [0.2, 0.25) is 5.02 Å². The second-order valence-corrected chi connectivity index (χ2v) is 7.96. The molecule has 2 aromatic carbocycles. The molecule has 0 aliphatic rings. The number of carbonyl (C=O) groups excluding carboxylic acids is 1. The number of amides is 1. The van der Waals surface area contributed by atoms with Crippen LogP contribution in [0.4, 0.5) is 5.69 Å². The van der Waals surface area contributed by atoms with Gasteiger partial charge in [0.05, 0.1) is 23.2 Å². The van der Waals surface area contributed by atoms with Crippen molar-refractivity contribution in [2.75, 3.05) is 11.9 Å². The summed E-state index contributed by atoms with van der Waals surface area (Å²) in [5.41, 5.74) is 1.15. The Bertz CT molecular complexity index is 1340. The zero-order chi connectivity index (χ0) is 19.8. The average Bonchev–Trinajstić information content (AvgIpc) is 3.00. The van der Waals surface area contributed by atoms with Crippen molar-refractivity contribution in [3.05, 3.63) is 66.7 Å². The lowest BCUT2D eigenvalue weighted by atomic mass is 10.2. The molecular weight excluding hydrogens is 418 g/mol. The number of nitrogens with one attached hydrogen (secondary N) is 2. The Morgan fingerprint density at radius 3 is 2.89 bits per heavy atom. The van der Waals surface area contributed by atoms with Crippen LogP contribution in [0.25, 0.3) is 16.6 Å². The first-order valence-corrected chi connectivity index (χ1v) is 10.00. The number of aromatic nitrogens is 2. The van der Waals surface area contributed by atoms with Crippen LogP contribution >= 0.6 is 35.2 Å². The third-order valence-electron chi connectivity index (χ3n) is 4.13. The van der Waals surface area contributed by atoms with E-state index >= 15 is 0 Å². The molecule has 1 amide bonds. The van der Waals surface area contributed by atoms with Gasteiger partial charge in [0.25, 0.3) is 11.5 Å². The zero-order valence-corrected chi connectivity index (χ0v) is 17.0. The Labute approximate surface area is 173 Å². The summed E-state index contributed by atoms with van der Waals surface area (Å²) in [5, 5.41) is 3.69. The molecule has 0 saturated carbocycles. The van der Waals surface area contributed by atoms with E-state index in [0.29, 0.717) is 48.4 Å². The van der Waals surface area contributed by atoms with Gasteiger partial charge in [-0.25, -0.2) is 0 Å². The number of nitrogens with zero attached hydrogens (tertiary/aromatic N) is 1. The fraction of sp³-hybridized carbons (Fsp3) is 0.105. The first kappa shape index (κ1) is 18.7. The van der Waals surface area contributed by atoms with Crippen molar-refractivity contribution in [3.8, 4) is 5.75 Å². The summed E-state index contributed by atoms with van der Waals surface area (Å²) >= 11 is 12.6. The minimum atomic E-state index is -0.380. The number of para-hydroxylation sites is 2. The van der Waals surface area contributed by atoms with E-state index in [0.717, 1.165) is 11.3 Å². The topological polar surface area (TPSA) is 75.6 Å². The summed E-state index contributed by atoms with van der Waals surface area (Å²) in [7, 11) is 0. The maximum absolute atomic E-state index is 12.9. The molecule has 0 atom stereocenters. The van der Waals surface area contributed by atoms with Gasteiger partial charge in [-0.15, -0.1) is 0 Å². The van der Waals surface area contributed by atoms with Gasteiger partial charge in [0.15, 0.2) is 3.95 Å². The van der Waals surface area contributed by atoms with E-state index in [1.807, 2.05) is 13.0 Å². The molecule has 0 radical (unpaired) electrons. The molecule has 0 unspecified atom stereocenters. The van der Waals surface area contributed by atoms with Crippen LogP contribution in [0.3, 0.4) is 0 Å². The van der Waals surface area contributed by atoms with Crippen LogP contribution in [-0.4, -0.2) is 21.9 Å². The zero-order valence-electron chi connectivity index (χ0n) is 14.6. The molecule has 9 heteroatoms. The quantitative estimate of drug-likeness (QED) is 0.452. The maximum atomic E-state index is 12.9. The van der Waals surface area contributed by atoms with Crippen molar-refractivity contribution >= 4 is 63.3 Å². The highest BCUT2D eigenvalue weighted by atomic mass is 35.5. The average molecular weight is 432 g/mol. The van der Waals surface area contributed by atoms with E-state index in [-0.39, 0.29) is 11.5 Å². The Morgan fingerprint density at radius 1 is 1.32 bits per heavy atom. The molecule has 4 aromatic rings. The number of ether oxygens (including phenoxy) is 1. The van der Waals surface area contributed by atoms with E-state index in [1.54, 1.807) is 40.8 Å². The molecule has 142 valence electrons. The van der Waals surface area contributed by atoms with Gasteiger partial charge >= 0.3 is 0 Å². The van der Waals surface area contributed by atoms with Crippen LogP contribution < -0.4 is 15.6 Å². The summed E-state index contributed by atoms with van der Waals surface area (Å²) in [6.45, 7) is 2.34. The predicted molar refractivity (Wildman–Crippen MR) is 115 cm³/mol. The molecule has 0 saturated heterocycles. The smallest absolute Gasteiger partial charge is 0.269 e. The molecular formula is C19H14ClN3O3S2. The highest BCUT2D eigenvalue weighted by molar-refractivity contribution is 7.73. The van der Waals surface area contributed by atoms with E-state index in [1.165, 1.54) is 0 Å². The summed E-state index contributed by atoms with van der Waals surface area (Å²) in [6, 6.07) is 12.1. The van der Waals surface area contributed by atoms with Gasteiger partial charge in [-0.1, -0.05) is 35.1 Å². The van der Waals surface area contributed by atoms with Crippen molar-refractivity contribution in [1.82, 2.24) is 9.38 Å². The van der Waals surface area contributed by atoms with Gasteiger partial charge in [-0.3, -0.25) is 14.0 Å². The minimum Gasteiger partial charge on any atom is -0.492 e. The first-order chi connectivity index (χ1) is 13.5. The van der Waals surface area contributed by atoms with Gasteiger partial charge < -0.3 is 15.0 Å². The fourth-order valence-electron chi connectivity index (χ4n) is 2.95. The van der Waals surface area contributed by atoms with Crippen molar-refractivity contribution in [2.24, 2.45) is 0 Å². The Balaban J connectivity index is 1.85. The largest absolute Gasteiger partial charge is 0.492 e. The molecule has 2 heterocycles. The molecule has 28 heavy (non-hydrogen) atoms. The number of fused-ring (bicyclic) bond motifs is 3. The van der Waals surface area contributed by atoms with Crippen molar-refractivity contribution in [3.63, 3.8) is 0 Å². The van der Waals surface area contributed by atoms with Gasteiger partial charge in [0.1, 0.15) is 16.3 Å². The van der Waals surface area contributed by atoms with Gasteiger partial charge in [0.2, 0.25) is 0 Å². The predicted octanol–water partition coefficient (Wildman–Crippen LogP) is 4.88. The molecule has 0 fully saturated rings. The Morgan fingerprint density at radius 2 is 2.11 bits per heavy atom. The molecule has 2 N–H and O–H groups in total. The van der Waals surface area contributed by atoms with Crippen molar-refractivity contribution in [2.45, 2.75) is 6.92 Å². The molecule has 2 aromatic heterocycles. The number of rotatable bonds is 4. The van der Waals surface area contributed by atoms with Crippen LogP contribution in [0, 0.1) is 3.95 Å². The number of hydrogen-bond acceptors (Lipinski definition) is 5. The third-order valence-corrected chi connectivity index (χ3v) is 5.74. The van der Waals surface area contributed by atoms with Crippen LogP contribution in [0.15, 0.2) is 47.3 Å². The standard InChI is InChI=1S/C19H14ClN3O3S2/c1-2-26-14-6-4-3-5-12(14)21-18(25)15-16-22-17(24)11-9-10(20)7-8-13(11)23(16)19(27)28-15/h3-9H,2H2,1H3,(H,21,25)(H,22,24). The number of halogens is 1. The number of carbonyl (C=O) groups is 1. The molecule has 0 bridgehead atoms. The summed E-state index contributed by atoms with van der Waals surface area (Å²) < 4.78 is 7.67. The van der Waals surface area contributed by atoms with E-state index in [2.05, 4.69) is 10.3 Å². The maximum Gasteiger partial charge on any atom is 0.269 e. The third kappa shape index (κ3) is 3.19. The number of thiazole rings is 1. The van der Waals surface area contributed by atoms with Crippen LogP contribution in [-0.2, 0) is 0 Å². The number of benzene rings is 2. The SMILES string of the molecule is CCOc1ccccc1NC(=O)c1sc(=S)n2c1[nH]c(=O)c1cc(Cl)ccc12. The molecule has 4 rings (SSSR count). The highest BCUT2D eigenvalue weighted by Crippen LogP contribution is 2.28. The fourth-order valence-corrected chi connectivity index (χ4v) is 4.40. The van der Waals surface area contributed by atoms with Gasteiger partial charge in [-0.05, 0) is 49.5 Å². The molecule has 0 aliphatic heterocycles. The highest BCUT2D eigenvalue weighted by Gasteiger charge is 2.19. The van der Waals surface area contributed by atoms with Gasteiger partial charge in [0, 0.05) is 5.02 Å². The van der Waals surface area contributed by atoms with E-state index in [9.17, 15) is 9.59 Å². The van der Waals surface area contributed by atoms with Crippen molar-refractivity contribution in [1.29, 1.82) is 0 Å². The van der Waals surface area contributed by atoms with Gasteiger partial charge in [-0.2, -0.15) is 0 Å². The number of hydrogen-bond donors (Lipinski definition) is 2. The first-order valence-electron chi connectivity index (χ1n) is 8.40. The number of aromatic amines is 1. The number of anilines is 1. The lowest BCUT2D eigenvalue weighted by Crippen LogP contribution is -2.15. The second kappa shape index (κ2) is 7.38. The lowest BCUT2D eigenvalue weighted by molar-refractivity contribution is 0.103. The van der Waals surface area contributed by atoms with Crippen molar-refractivity contribution < 1.29 is 9.53 Å². The van der Waals surface area contributed by atoms with Crippen LogP contribution in [0.1, 0.15) is 16.6 Å². The van der Waals surface area contributed by atoms with E-state index in [4.69, 9.17) is 28.6 Å². The number of H-pyrrole nitrogens is 1. The monoisotopic (exact) mass is 431 g/mol. The summed E-state index contributed by atoms with van der Waals surface area (Å²) in [5.74, 6) is 0.189. The Kier molecular flexibility index (Phi) is 4.92. The Hall–Kier alpha value is -2.68. The normalized spacial score (nSPS) is 11.1. The molecule has 6 nitrogen and oxygen atoms in total. The molecule has 0 spiro atoms. The summed E-state index contributed by atoms with van der Waals surface area (Å²) in [6.07, 6.45) is 0. The lowest BCUT2D eigenvalue weighted by Gasteiger charge is -2.10. The van der Waals surface area contributed by atoms with E-state index < -0.39 is 0 Å². The minimum absolute atomic E-state index is 0.310.